The molecule has 1 heterocycles. The summed E-state index contributed by atoms with van der Waals surface area (Å²) in [6.45, 7) is 0.664. The average molecular weight is 188 g/mol. The van der Waals surface area contributed by atoms with Gasteiger partial charge in [-0.25, -0.2) is 0 Å². The molecular formula is C10H12N4. The molecular weight excluding hydrogens is 176 g/mol. The molecule has 0 aliphatic rings. The molecule has 1 aromatic carbocycles. The molecule has 0 aliphatic carbocycles. The van der Waals surface area contributed by atoms with Crippen molar-refractivity contribution in [3.8, 4) is 0 Å². The number of rotatable bonds is 3. The first-order chi connectivity index (χ1) is 6.86. The molecule has 0 fully saturated rings. The lowest BCUT2D eigenvalue weighted by molar-refractivity contribution is 0.533. The third-order valence-corrected chi connectivity index (χ3v) is 2.00. The molecule has 2 rings (SSSR count). The summed E-state index contributed by atoms with van der Waals surface area (Å²) < 4.78 is 0. The van der Waals surface area contributed by atoms with E-state index in [-0.39, 0.29) is 0 Å². The van der Waals surface area contributed by atoms with Crippen molar-refractivity contribution < 1.29 is 0 Å². The normalized spacial score (nSPS) is 10.1. The lowest BCUT2D eigenvalue weighted by Gasteiger charge is -2.17. The fourth-order valence-electron chi connectivity index (χ4n) is 1.27. The van der Waals surface area contributed by atoms with Gasteiger partial charge >= 0.3 is 0 Å². The molecule has 4 heteroatoms. The minimum absolute atomic E-state index is 0.664. The van der Waals surface area contributed by atoms with Crippen LogP contribution in [0.3, 0.4) is 0 Å². The van der Waals surface area contributed by atoms with Gasteiger partial charge in [-0.3, -0.25) is 0 Å². The van der Waals surface area contributed by atoms with Gasteiger partial charge in [0.05, 0.1) is 12.4 Å². The quantitative estimate of drug-likeness (QED) is 0.729. The van der Waals surface area contributed by atoms with Crippen LogP contribution in [0.4, 0.5) is 5.69 Å². The first kappa shape index (κ1) is 8.74. The highest BCUT2D eigenvalue weighted by Gasteiger charge is 2.00. The van der Waals surface area contributed by atoms with E-state index >= 15 is 0 Å². The minimum Gasteiger partial charge on any atom is -0.354 e. The maximum atomic E-state index is 4.05. The maximum Gasteiger partial charge on any atom is 0.131 e. The Balaban J connectivity index is 2.07. The average Bonchev–Trinajstić information content (AvgIpc) is 2.72. The number of hydrogen-bond acceptors (Lipinski definition) is 3. The zero-order valence-electron chi connectivity index (χ0n) is 8.04. The van der Waals surface area contributed by atoms with Gasteiger partial charge in [0.25, 0.3) is 0 Å². The third-order valence-electron chi connectivity index (χ3n) is 2.00. The predicted octanol–water partition coefficient (Wildman–Crippen LogP) is 1.37. The van der Waals surface area contributed by atoms with Crippen molar-refractivity contribution in [3.05, 3.63) is 42.7 Å². The van der Waals surface area contributed by atoms with Gasteiger partial charge in [0.2, 0.25) is 0 Å². The molecule has 14 heavy (non-hydrogen) atoms. The van der Waals surface area contributed by atoms with Gasteiger partial charge in [-0.1, -0.05) is 18.2 Å². The monoisotopic (exact) mass is 188 g/mol. The number of hydrogen-bond donors (Lipinski definition) is 0. The van der Waals surface area contributed by atoms with E-state index in [1.807, 2.05) is 25.2 Å². The van der Waals surface area contributed by atoms with Crippen molar-refractivity contribution in [3.63, 3.8) is 0 Å². The number of benzene rings is 1. The number of para-hydroxylation sites is 1. The minimum atomic E-state index is 0.664. The highest BCUT2D eigenvalue weighted by molar-refractivity contribution is 5.44. The Morgan fingerprint density at radius 2 is 1.79 bits per heavy atom. The fraction of sp³-hybridized carbons (Fsp3) is 0.200. The molecule has 0 unspecified atom stereocenters. The van der Waals surface area contributed by atoms with Gasteiger partial charge in [0.15, 0.2) is 0 Å². The smallest absolute Gasteiger partial charge is 0.131 e. The Kier molecular flexibility index (Phi) is 2.44. The predicted molar refractivity (Wildman–Crippen MR) is 54.9 cm³/mol. The van der Waals surface area contributed by atoms with Crippen molar-refractivity contribution >= 4 is 5.69 Å². The van der Waals surface area contributed by atoms with E-state index < -0.39 is 0 Å². The van der Waals surface area contributed by atoms with Gasteiger partial charge in [0.1, 0.15) is 6.67 Å². The molecule has 4 nitrogen and oxygen atoms in total. The van der Waals surface area contributed by atoms with E-state index in [0.29, 0.717) is 6.67 Å². The van der Waals surface area contributed by atoms with Crippen LogP contribution in [0.15, 0.2) is 42.7 Å². The highest BCUT2D eigenvalue weighted by atomic mass is 15.5. The highest BCUT2D eigenvalue weighted by Crippen LogP contribution is 2.10. The summed E-state index contributed by atoms with van der Waals surface area (Å²) in [6, 6.07) is 10.2. The Bertz CT molecular complexity index is 368. The largest absolute Gasteiger partial charge is 0.354 e. The standard InChI is InChI=1S/C10H12N4/c1-13(9-14-11-7-8-12-14)10-5-3-2-4-6-10/h2-8H,9H2,1H3. The molecule has 0 amide bonds. The fourth-order valence-corrected chi connectivity index (χ4v) is 1.27. The Morgan fingerprint density at radius 1 is 1.14 bits per heavy atom. The van der Waals surface area contributed by atoms with Crippen LogP contribution in [0.25, 0.3) is 0 Å². The summed E-state index contributed by atoms with van der Waals surface area (Å²) in [5.74, 6) is 0. The summed E-state index contributed by atoms with van der Waals surface area (Å²) >= 11 is 0. The molecule has 0 N–H and O–H groups in total. The second-order valence-corrected chi connectivity index (χ2v) is 3.08. The molecule has 0 radical (unpaired) electrons. The van der Waals surface area contributed by atoms with Crippen LogP contribution in [-0.4, -0.2) is 22.0 Å². The number of nitrogens with zero attached hydrogens (tertiary/aromatic N) is 4. The van der Waals surface area contributed by atoms with Crippen LogP contribution >= 0.6 is 0 Å². The van der Waals surface area contributed by atoms with Gasteiger partial charge in [-0.05, 0) is 12.1 Å². The van der Waals surface area contributed by atoms with E-state index in [1.165, 1.54) is 0 Å². The van der Waals surface area contributed by atoms with E-state index in [0.717, 1.165) is 5.69 Å². The number of aromatic nitrogens is 3. The van der Waals surface area contributed by atoms with Crippen LogP contribution < -0.4 is 4.90 Å². The van der Waals surface area contributed by atoms with Crippen LogP contribution in [0.1, 0.15) is 0 Å². The Morgan fingerprint density at radius 3 is 2.43 bits per heavy atom. The molecule has 0 saturated heterocycles. The molecule has 0 spiro atoms. The van der Waals surface area contributed by atoms with E-state index in [9.17, 15) is 0 Å². The first-order valence-corrected chi connectivity index (χ1v) is 4.46. The van der Waals surface area contributed by atoms with Gasteiger partial charge in [0, 0.05) is 12.7 Å². The Labute approximate surface area is 82.8 Å². The molecule has 0 bridgehead atoms. The lowest BCUT2D eigenvalue weighted by Crippen LogP contribution is -2.22. The van der Waals surface area contributed by atoms with Gasteiger partial charge in [-0.15, -0.1) is 0 Å². The van der Waals surface area contributed by atoms with Gasteiger partial charge < -0.3 is 4.90 Å². The van der Waals surface area contributed by atoms with E-state index in [4.69, 9.17) is 0 Å². The Hall–Kier alpha value is -1.84. The second kappa shape index (κ2) is 3.91. The van der Waals surface area contributed by atoms with E-state index in [1.54, 1.807) is 17.2 Å². The van der Waals surface area contributed by atoms with Crippen LogP contribution in [0.2, 0.25) is 0 Å². The summed E-state index contributed by atoms with van der Waals surface area (Å²) in [5, 5.41) is 8.09. The molecule has 0 saturated carbocycles. The summed E-state index contributed by atoms with van der Waals surface area (Å²) in [5.41, 5.74) is 1.16. The molecule has 2 aromatic rings. The van der Waals surface area contributed by atoms with Crippen molar-refractivity contribution in [1.82, 2.24) is 15.0 Å². The summed E-state index contributed by atoms with van der Waals surface area (Å²) in [4.78, 5) is 3.73. The zero-order valence-corrected chi connectivity index (χ0v) is 8.04. The molecule has 72 valence electrons. The number of anilines is 1. The van der Waals surface area contributed by atoms with Crippen molar-refractivity contribution in [2.45, 2.75) is 6.67 Å². The van der Waals surface area contributed by atoms with Crippen molar-refractivity contribution in [1.29, 1.82) is 0 Å². The third kappa shape index (κ3) is 1.90. The summed E-state index contributed by atoms with van der Waals surface area (Å²) in [6.07, 6.45) is 3.36. The first-order valence-electron chi connectivity index (χ1n) is 4.46. The molecule has 1 aromatic heterocycles. The second-order valence-electron chi connectivity index (χ2n) is 3.08. The molecule has 0 atom stereocenters. The molecule has 0 aliphatic heterocycles. The van der Waals surface area contributed by atoms with Crippen LogP contribution in [0.5, 0.6) is 0 Å². The summed E-state index contributed by atoms with van der Waals surface area (Å²) in [7, 11) is 2.01. The lowest BCUT2D eigenvalue weighted by atomic mass is 10.3. The van der Waals surface area contributed by atoms with Crippen molar-refractivity contribution in [2.75, 3.05) is 11.9 Å². The zero-order chi connectivity index (χ0) is 9.80. The maximum absolute atomic E-state index is 4.05. The van der Waals surface area contributed by atoms with Gasteiger partial charge in [-0.2, -0.15) is 15.0 Å². The van der Waals surface area contributed by atoms with E-state index in [2.05, 4.69) is 27.2 Å². The van der Waals surface area contributed by atoms with Crippen LogP contribution in [0, 0.1) is 0 Å². The van der Waals surface area contributed by atoms with Crippen molar-refractivity contribution in [2.24, 2.45) is 0 Å². The SMILES string of the molecule is CN(Cn1nccn1)c1ccccc1. The topological polar surface area (TPSA) is 34.0 Å². The van der Waals surface area contributed by atoms with Crippen LogP contribution in [-0.2, 0) is 6.67 Å².